The van der Waals surface area contributed by atoms with E-state index in [2.05, 4.69) is 13.8 Å². The summed E-state index contributed by atoms with van der Waals surface area (Å²) in [7, 11) is 0. The van der Waals surface area contributed by atoms with E-state index in [1.165, 1.54) is 12.8 Å². The van der Waals surface area contributed by atoms with Gasteiger partial charge in [-0.25, -0.2) is 0 Å². The highest BCUT2D eigenvalue weighted by molar-refractivity contribution is 5.84. The summed E-state index contributed by atoms with van der Waals surface area (Å²) in [6, 6.07) is 0.284. The molecule has 2 amide bonds. The average molecular weight is 268 g/mol. The monoisotopic (exact) mass is 268 g/mol. The number of hydrogen-bond acceptors (Lipinski definition) is 2. The van der Waals surface area contributed by atoms with Crippen molar-refractivity contribution in [2.24, 2.45) is 0 Å². The van der Waals surface area contributed by atoms with Gasteiger partial charge in [0.2, 0.25) is 11.8 Å². The molecular formula is C15H28N2O2. The first-order chi connectivity index (χ1) is 9.10. The summed E-state index contributed by atoms with van der Waals surface area (Å²) < 4.78 is 0. The molecule has 0 aromatic heterocycles. The third kappa shape index (κ3) is 4.84. The Labute approximate surface area is 117 Å². The third-order valence-electron chi connectivity index (χ3n) is 3.82. The van der Waals surface area contributed by atoms with E-state index < -0.39 is 0 Å². The van der Waals surface area contributed by atoms with Crippen molar-refractivity contribution < 1.29 is 9.59 Å². The first-order valence-electron chi connectivity index (χ1n) is 7.65. The first-order valence-corrected chi connectivity index (χ1v) is 7.65. The molecule has 0 saturated heterocycles. The quantitative estimate of drug-likeness (QED) is 0.711. The zero-order chi connectivity index (χ0) is 14.3. The van der Waals surface area contributed by atoms with E-state index in [0.29, 0.717) is 0 Å². The van der Waals surface area contributed by atoms with Crippen molar-refractivity contribution in [3.05, 3.63) is 0 Å². The van der Waals surface area contributed by atoms with Crippen molar-refractivity contribution in [3.8, 4) is 0 Å². The second-order valence-corrected chi connectivity index (χ2v) is 5.47. The molecule has 1 fully saturated rings. The van der Waals surface area contributed by atoms with E-state index in [1.807, 2.05) is 4.90 Å². The summed E-state index contributed by atoms with van der Waals surface area (Å²) in [5.74, 6) is 0.138. The van der Waals surface area contributed by atoms with E-state index in [0.717, 1.165) is 38.8 Å². The zero-order valence-electron chi connectivity index (χ0n) is 12.7. The molecule has 1 rings (SSSR count). The highest BCUT2D eigenvalue weighted by atomic mass is 16.2. The number of hydrogen-bond donors (Lipinski definition) is 0. The lowest BCUT2D eigenvalue weighted by Crippen LogP contribution is -2.46. The van der Waals surface area contributed by atoms with Gasteiger partial charge in [-0.1, -0.05) is 26.7 Å². The summed E-state index contributed by atoms with van der Waals surface area (Å²) in [6.07, 6.45) is 6.39. The largest absolute Gasteiger partial charge is 0.341 e. The molecule has 1 aliphatic rings. The Morgan fingerprint density at radius 1 is 1.05 bits per heavy atom. The van der Waals surface area contributed by atoms with Crippen molar-refractivity contribution >= 4 is 11.8 Å². The fourth-order valence-corrected chi connectivity index (χ4v) is 2.86. The van der Waals surface area contributed by atoms with Gasteiger partial charge in [0.15, 0.2) is 0 Å². The molecule has 0 aliphatic heterocycles. The van der Waals surface area contributed by atoms with E-state index in [4.69, 9.17) is 0 Å². The molecule has 0 spiro atoms. The zero-order valence-corrected chi connectivity index (χ0v) is 12.7. The van der Waals surface area contributed by atoms with E-state index >= 15 is 0 Å². The van der Waals surface area contributed by atoms with Crippen molar-refractivity contribution in [1.29, 1.82) is 0 Å². The van der Waals surface area contributed by atoms with Gasteiger partial charge in [-0.15, -0.1) is 0 Å². The van der Waals surface area contributed by atoms with Crippen molar-refractivity contribution in [2.45, 2.75) is 65.3 Å². The Kier molecular flexibility index (Phi) is 6.89. The molecule has 0 atom stereocenters. The lowest BCUT2D eigenvalue weighted by atomic mass is 10.2. The second-order valence-electron chi connectivity index (χ2n) is 5.47. The van der Waals surface area contributed by atoms with Crippen LogP contribution < -0.4 is 0 Å². The number of nitrogens with zero attached hydrogens (tertiary/aromatic N) is 2. The minimum atomic E-state index is 0.0354. The smallest absolute Gasteiger partial charge is 0.242 e. The van der Waals surface area contributed by atoms with Gasteiger partial charge in [0.25, 0.3) is 0 Å². The Morgan fingerprint density at radius 3 is 2.00 bits per heavy atom. The van der Waals surface area contributed by atoms with Crippen LogP contribution >= 0.6 is 0 Å². The molecule has 0 aromatic rings. The van der Waals surface area contributed by atoms with E-state index in [1.54, 1.807) is 11.8 Å². The first kappa shape index (κ1) is 16.0. The predicted octanol–water partition coefficient (Wildman–Crippen LogP) is 2.43. The second kappa shape index (κ2) is 8.18. The van der Waals surface area contributed by atoms with Crippen LogP contribution in [0.2, 0.25) is 0 Å². The number of carbonyl (C=O) groups excluding carboxylic acids is 2. The fourth-order valence-electron chi connectivity index (χ4n) is 2.86. The molecule has 0 heterocycles. The van der Waals surface area contributed by atoms with Crippen LogP contribution in [0, 0.1) is 0 Å². The van der Waals surface area contributed by atoms with Gasteiger partial charge in [-0.05, 0) is 25.7 Å². The minimum absolute atomic E-state index is 0.0354. The lowest BCUT2D eigenvalue weighted by molar-refractivity contribution is -0.141. The molecular weight excluding hydrogens is 240 g/mol. The molecule has 4 nitrogen and oxygen atoms in total. The normalized spacial score (nSPS) is 15.5. The molecule has 0 N–H and O–H groups in total. The maximum absolute atomic E-state index is 12.3. The molecule has 1 saturated carbocycles. The molecule has 19 heavy (non-hydrogen) atoms. The average Bonchev–Trinajstić information content (AvgIpc) is 2.88. The van der Waals surface area contributed by atoms with Gasteiger partial charge in [-0.3, -0.25) is 9.59 Å². The van der Waals surface area contributed by atoms with Crippen LogP contribution in [0.5, 0.6) is 0 Å². The van der Waals surface area contributed by atoms with Crippen LogP contribution in [0.3, 0.4) is 0 Å². The molecule has 110 valence electrons. The van der Waals surface area contributed by atoms with Crippen molar-refractivity contribution in [1.82, 2.24) is 9.80 Å². The summed E-state index contributed by atoms with van der Waals surface area (Å²) in [5.41, 5.74) is 0. The standard InChI is InChI=1S/C15H28N2O2/c1-4-10-16(11-5-2)15(19)12-17(13(3)18)14-8-6-7-9-14/h14H,4-12H2,1-3H3. The Bertz CT molecular complexity index is 293. The molecule has 0 unspecified atom stereocenters. The van der Waals surface area contributed by atoms with Crippen LogP contribution in [-0.4, -0.2) is 47.3 Å². The van der Waals surface area contributed by atoms with Gasteiger partial charge in [0.1, 0.15) is 0 Å². The minimum Gasteiger partial charge on any atom is -0.341 e. The topological polar surface area (TPSA) is 40.6 Å². The SMILES string of the molecule is CCCN(CCC)C(=O)CN(C(C)=O)C1CCCC1. The molecule has 1 aliphatic carbocycles. The van der Waals surface area contributed by atoms with E-state index in [-0.39, 0.29) is 24.4 Å². The number of amides is 2. The number of carbonyl (C=O) groups is 2. The van der Waals surface area contributed by atoms with Crippen LogP contribution in [0.4, 0.5) is 0 Å². The summed E-state index contributed by atoms with van der Waals surface area (Å²) in [6.45, 7) is 7.59. The Morgan fingerprint density at radius 2 is 1.58 bits per heavy atom. The third-order valence-corrected chi connectivity index (χ3v) is 3.82. The molecule has 0 radical (unpaired) electrons. The van der Waals surface area contributed by atoms with Gasteiger partial charge in [0, 0.05) is 26.1 Å². The van der Waals surface area contributed by atoms with Crippen LogP contribution in [-0.2, 0) is 9.59 Å². The van der Waals surface area contributed by atoms with Gasteiger partial charge < -0.3 is 9.80 Å². The Hall–Kier alpha value is -1.06. The Balaban J connectivity index is 2.60. The van der Waals surface area contributed by atoms with Crippen LogP contribution in [0.1, 0.15) is 59.3 Å². The summed E-state index contributed by atoms with van der Waals surface area (Å²) in [5, 5.41) is 0. The molecule has 0 bridgehead atoms. The lowest BCUT2D eigenvalue weighted by Gasteiger charge is -2.30. The van der Waals surface area contributed by atoms with Crippen molar-refractivity contribution in [3.63, 3.8) is 0 Å². The van der Waals surface area contributed by atoms with Crippen molar-refractivity contribution in [2.75, 3.05) is 19.6 Å². The predicted molar refractivity (Wildman–Crippen MR) is 76.8 cm³/mol. The highest BCUT2D eigenvalue weighted by Gasteiger charge is 2.27. The number of rotatable bonds is 7. The summed E-state index contributed by atoms with van der Waals surface area (Å²) >= 11 is 0. The van der Waals surface area contributed by atoms with Gasteiger partial charge in [-0.2, -0.15) is 0 Å². The fraction of sp³-hybridized carbons (Fsp3) is 0.867. The molecule has 4 heteroatoms. The highest BCUT2D eigenvalue weighted by Crippen LogP contribution is 2.23. The van der Waals surface area contributed by atoms with Gasteiger partial charge in [0.05, 0.1) is 6.54 Å². The maximum Gasteiger partial charge on any atom is 0.242 e. The molecule has 0 aromatic carbocycles. The van der Waals surface area contributed by atoms with Crippen LogP contribution in [0.25, 0.3) is 0 Å². The maximum atomic E-state index is 12.3. The van der Waals surface area contributed by atoms with Gasteiger partial charge >= 0.3 is 0 Å². The summed E-state index contributed by atoms with van der Waals surface area (Å²) in [4.78, 5) is 27.8. The van der Waals surface area contributed by atoms with E-state index in [9.17, 15) is 9.59 Å². The van der Waals surface area contributed by atoms with Crippen LogP contribution in [0.15, 0.2) is 0 Å².